The summed E-state index contributed by atoms with van der Waals surface area (Å²) in [4.78, 5) is 26.6. The van der Waals surface area contributed by atoms with Gasteiger partial charge < -0.3 is 9.73 Å². The molecule has 0 aliphatic rings. The van der Waals surface area contributed by atoms with Crippen LogP contribution in [0.3, 0.4) is 0 Å². The Morgan fingerprint density at radius 2 is 2.07 bits per heavy atom. The van der Waals surface area contributed by atoms with Crippen molar-refractivity contribution in [3.05, 3.63) is 76.0 Å². The monoisotopic (exact) mass is 369 g/mol. The molecular formula is C19H16FN3O4. The highest BCUT2D eigenvalue weighted by atomic mass is 19.1. The minimum atomic E-state index is -0.498. The van der Waals surface area contributed by atoms with Gasteiger partial charge in [-0.15, -0.1) is 0 Å². The molecule has 0 saturated heterocycles. The maximum absolute atomic E-state index is 13.8. The van der Waals surface area contributed by atoms with Crippen molar-refractivity contribution in [1.29, 1.82) is 0 Å². The molecule has 0 spiro atoms. The Morgan fingerprint density at radius 1 is 1.30 bits per heavy atom. The van der Waals surface area contributed by atoms with E-state index in [9.17, 15) is 19.3 Å². The minimum absolute atomic E-state index is 0.0602. The molecule has 7 nitrogen and oxygen atoms in total. The number of hydrogen-bond donors (Lipinski definition) is 1. The molecule has 0 aliphatic carbocycles. The smallest absolute Gasteiger partial charge is 0.274 e. The topological polar surface area (TPSA) is 98.3 Å². The molecule has 3 rings (SSSR count). The fraction of sp³-hybridized carbons (Fsp3) is 0.158. The van der Waals surface area contributed by atoms with E-state index >= 15 is 0 Å². The molecule has 138 valence electrons. The number of halogens is 1. The number of aromatic nitrogens is 1. The average molecular weight is 369 g/mol. The summed E-state index contributed by atoms with van der Waals surface area (Å²) in [5.74, 6) is -0.159. The van der Waals surface area contributed by atoms with Gasteiger partial charge in [0.15, 0.2) is 11.7 Å². The molecule has 1 amide bonds. The number of oxazole rings is 1. The lowest BCUT2D eigenvalue weighted by Gasteiger charge is -2.05. The summed E-state index contributed by atoms with van der Waals surface area (Å²) in [5.41, 5.74) is 1.10. The average Bonchev–Trinajstić information content (AvgIpc) is 3.10. The number of nitro benzene ring substituents is 1. The van der Waals surface area contributed by atoms with Gasteiger partial charge in [-0.3, -0.25) is 14.9 Å². The van der Waals surface area contributed by atoms with Gasteiger partial charge in [-0.25, -0.2) is 9.37 Å². The predicted octanol–water partition coefficient (Wildman–Crippen LogP) is 4.27. The standard InChI is InChI=1S/C19H16FN3O4/c1-12-6-7-13(10-16(12)23(25)26)22-18(24)8-9-19-21-11-17(27-19)14-4-2-3-5-15(14)20/h2-7,10-11H,8-9H2,1H3,(H,22,24). The van der Waals surface area contributed by atoms with Crippen molar-refractivity contribution in [3.8, 4) is 11.3 Å². The van der Waals surface area contributed by atoms with Crippen molar-refractivity contribution < 1.29 is 18.5 Å². The zero-order chi connectivity index (χ0) is 19.4. The van der Waals surface area contributed by atoms with Crippen LogP contribution < -0.4 is 5.32 Å². The lowest BCUT2D eigenvalue weighted by Crippen LogP contribution is -2.12. The van der Waals surface area contributed by atoms with E-state index in [4.69, 9.17) is 4.42 Å². The van der Waals surface area contributed by atoms with Gasteiger partial charge in [-0.2, -0.15) is 0 Å². The first-order chi connectivity index (χ1) is 12.9. The highest BCUT2D eigenvalue weighted by Crippen LogP contribution is 2.24. The van der Waals surface area contributed by atoms with Crippen LogP contribution in [0, 0.1) is 22.9 Å². The van der Waals surface area contributed by atoms with Gasteiger partial charge in [-0.05, 0) is 25.1 Å². The Kier molecular flexibility index (Phi) is 5.25. The van der Waals surface area contributed by atoms with Gasteiger partial charge in [0.1, 0.15) is 5.82 Å². The van der Waals surface area contributed by atoms with Crippen LogP contribution in [-0.2, 0) is 11.2 Å². The van der Waals surface area contributed by atoms with Crippen LogP contribution in [0.1, 0.15) is 17.9 Å². The molecule has 0 atom stereocenters. The van der Waals surface area contributed by atoms with E-state index in [1.807, 2.05) is 0 Å². The summed E-state index contributed by atoms with van der Waals surface area (Å²) in [6, 6.07) is 10.7. The lowest BCUT2D eigenvalue weighted by atomic mass is 10.2. The van der Waals surface area contributed by atoms with Crippen molar-refractivity contribution in [2.24, 2.45) is 0 Å². The number of carbonyl (C=O) groups is 1. The van der Waals surface area contributed by atoms with Crippen molar-refractivity contribution in [1.82, 2.24) is 4.98 Å². The Balaban J connectivity index is 1.61. The SMILES string of the molecule is Cc1ccc(NC(=O)CCc2ncc(-c3ccccc3F)o2)cc1[N+](=O)[O-]. The molecule has 1 aromatic heterocycles. The molecule has 0 unspecified atom stereocenters. The molecule has 0 bridgehead atoms. The summed E-state index contributed by atoms with van der Waals surface area (Å²) in [6.45, 7) is 1.62. The molecule has 2 aromatic carbocycles. The number of carbonyl (C=O) groups excluding carboxylic acids is 1. The van der Waals surface area contributed by atoms with Crippen molar-refractivity contribution in [2.45, 2.75) is 19.8 Å². The quantitative estimate of drug-likeness (QED) is 0.517. The normalized spacial score (nSPS) is 10.6. The van der Waals surface area contributed by atoms with Crippen LogP contribution in [0.5, 0.6) is 0 Å². The Hall–Kier alpha value is -3.55. The van der Waals surface area contributed by atoms with Crippen molar-refractivity contribution >= 4 is 17.3 Å². The molecule has 0 saturated carbocycles. The lowest BCUT2D eigenvalue weighted by molar-refractivity contribution is -0.385. The highest BCUT2D eigenvalue weighted by molar-refractivity contribution is 5.91. The largest absolute Gasteiger partial charge is 0.441 e. The zero-order valence-electron chi connectivity index (χ0n) is 14.4. The van der Waals surface area contributed by atoms with E-state index in [1.54, 1.807) is 37.3 Å². The number of benzene rings is 2. The van der Waals surface area contributed by atoms with E-state index < -0.39 is 10.7 Å². The number of anilines is 1. The first kappa shape index (κ1) is 18.2. The Labute approximate surface area is 154 Å². The van der Waals surface area contributed by atoms with Crippen LogP contribution in [0.2, 0.25) is 0 Å². The summed E-state index contributed by atoms with van der Waals surface area (Å²) < 4.78 is 19.3. The summed E-state index contributed by atoms with van der Waals surface area (Å²) >= 11 is 0. The highest BCUT2D eigenvalue weighted by Gasteiger charge is 2.14. The number of rotatable bonds is 6. The van der Waals surface area contributed by atoms with Gasteiger partial charge in [0, 0.05) is 30.2 Å². The van der Waals surface area contributed by atoms with Crippen LogP contribution in [0.25, 0.3) is 11.3 Å². The van der Waals surface area contributed by atoms with E-state index in [-0.39, 0.29) is 30.2 Å². The first-order valence-corrected chi connectivity index (χ1v) is 8.18. The second kappa shape index (κ2) is 7.77. The van der Waals surface area contributed by atoms with Crippen molar-refractivity contribution in [2.75, 3.05) is 5.32 Å². The van der Waals surface area contributed by atoms with E-state index in [0.29, 0.717) is 22.7 Å². The number of amides is 1. The number of nitrogens with one attached hydrogen (secondary N) is 1. The van der Waals surface area contributed by atoms with Crippen molar-refractivity contribution in [3.63, 3.8) is 0 Å². The molecule has 0 aliphatic heterocycles. The first-order valence-electron chi connectivity index (χ1n) is 8.18. The van der Waals surface area contributed by atoms with Gasteiger partial charge in [0.25, 0.3) is 5.69 Å². The Bertz CT molecular complexity index is 1000. The van der Waals surface area contributed by atoms with Crippen LogP contribution >= 0.6 is 0 Å². The maximum atomic E-state index is 13.8. The molecule has 1 heterocycles. The molecular weight excluding hydrogens is 353 g/mol. The van der Waals surface area contributed by atoms with Gasteiger partial charge in [0.2, 0.25) is 5.91 Å². The van der Waals surface area contributed by atoms with E-state index in [2.05, 4.69) is 10.3 Å². The molecule has 1 N–H and O–H groups in total. The van der Waals surface area contributed by atoms with Crippen LogP contribution in [-0.4, -0.2) is 15.8 Å². The molecule has 3 aromatic rings. The van der Waals surface area contributed by atoms with Crippen LogP contribution in [0.15, 0.2) is 53.1 Å². The van der Waals surface area contributed by atoms with E-state index in [1.165, 1.54) is 18.3 Å². The third kappa shape index (κ3) is 4.35. The number of aryl methyl sites for hydroxylation is 2. The Morgan fingerprint density at radius 3 is 2.81 bits per heavy atom. The predicted molar refractivity (Wildman–Crippen MR) is 96.7 cm³/mol. The van der Waals surface area contributed by atoms with E-state index in [0.717, 1.165) is 0 Å². The van der Waals surface area contributed by atoms with Gasteiger partial charge in [-0.1, -0.05) is 18.2 Å². The fourth-order valence-electron chi connectivity index (χ4n) is 2.54. The molecule has 0 radical (unpaired) electrons. The summed E-state index contributed by atoms with van der Waals surface area (Å²) in [5, 5.41) is 13.6. The fourth-order valence-corrected chi connectivity index (χ4v) is 2.54. The molecule has 0 fully saturated rings. The third-order valence-corrected chi connectivity index (χ3v) is 3.95. The number of nitro groups is 1. The van der Waals surface area contributed by atoms with Gasteiger partial charge in [0.05, 0.1) is 16.7 Å². The van der Waals surface area contributed by atoms with Crippen LogP contribution in [0.4, 0.5) is 15.8 Å². The third-order valence-electron chi connectivity index (χ3n) is 3.95. The summed E-state index contributed by atoms with van der Waals surface area (Å²) in [6.07, 6.45) is 1.70. The zero-order valence-corrected chi connectivity index (χ0v) is 14.4. The number of hydrogen-bond acceptors (Lipinski definition) is 5. The van der Waals surface area contributed by atoms with Gasteiger partial charge >= 0.3 is 0 Å². The second-order valence-electron chi connectivity index (χ2n) is 5.90. The summed E-state index contributed by atoms with van der Waals surface area (Å²) in [7, 11) is 0. The number of nitrogens with zero attached hydrogens (tertiary/aromatic N) is 2. The second-order valence-corrected chi connectivity index (χ2v) is 5.90. The molecule has 8 heteroatoms. The maximum Gasteiger partial charge on any atom is 0.274 e. The molecule has 27 heavy (non-hydrogen) atoms. The minimum Gasteiger partial charge on any atom is -0.441 e.